The van der Waals surface area contributed by atoms with Crippen molar-refractivity contribution in [3.63, 3.8) is 0 Å². The van der Waals surface area contributed by atoms with E-state index in [1.54, 1.807) is 0 Å². The van der Waals surface area contributed by atoms with Gasteiger partial charge in [0.05, 0.1) is 10.9 Å². The van der Waals surface area contributed by atoms with Gasteiger partial charge in [0.25, 0.3) is 0 Å². The van der Waals surface area contributed by atoms with Crippen LogP contribution in [0.4, 0.5) is 0 Å². The van der Waals surface area contributed by atoms with Gasteiger partial charge < -0.3 is 13.9 Å². The molecule has 142 valence electrons. The molecular weight excluding hydrogens is 344 g/mol. The van der Waals surface area contributed by atoms with Gasteiger partial charge in [-0.25, -0.2) is 4.79 Å². The summed E-state index contributed by atoms with van der Waals surface area (Å²) in [5, 5.41) is 0.723. The highest BCUT2D eigenvalue weighted by Gasteiger charge is 2.36. The molecule has 2 aliphatic heterocycles. The molecule has 2 aliphatic rings. The number of carbonyl (C=O) groups excluding carboxylic acids is 1. The summed E-state index contributed by atoms with van der Waals surface area (Å²) in [5.41, 5.74) is 1.32. The van der Waals surface area contributed by atoms with Gasteiger partial charge in [0.15, 0.2) is 11.4 Å². The molecule has 1 aromatic heterocycles. The second-order valence-corrected chi connectivity index (χ2v) is 7.94. The summed E-state index contributed by atoms with van der Waals surface area (Å²) in [6.45, 7) is 7.91. The van der Waals surface area contributed by atoms with Gasteiger partial charge in [-0.2, -0.15) is 0 Å². The topological polar surface area (TPSA) is 65.7 Å². The molecule has 0 spiro atoms. The van der Waals surface area contributed by atoms with Crippen LogP contribution in [0.1, 0.15) is 68.4 Å². The molecular formula is C22H24O5. The lowest BCUT2D eigenvalue weighted by Crippen LogP contribution is -2.30. The summed E-state index contributed by atoms with van der Waals surface area (Å²) in [6.07, 6.45) is 6.61. The van der Waals surface area contributed by atoms with Crippen molar-refractivity contribution in [1.29, 1.82) is 0 Å². The van der Waals surface area contributed by atoms with E-state index in [0.717, 1.165) is 35.8 Å². The van der Waals surface area contributed by atoms with Crippen LogP contribution in [0.5, 0.6) is 11.5 Å². The van der Waals surface area contributed by atoms with E-state index >= 15 is 0 Å². The summed E-state index contributed by atoms with van der Waals surface area (Å²) in [6, 6.07) is 1.52. The molecule has 0 radical (unpaired) electrons. The summed E-state index contributed by atoms with van der Waals surface area (Å²) >= 11 is 0. The van der Waals surface area contributed by atoms with E-state index in [4.69, 9.17) is 13.9 Å². The Bertz CT molecular complexity index is 1030. The van der Waals surface area contributed by atoms with Crippen molar-refractivity contribution in [3.8, 4) is 11.5 Å². The monoisotopic (exact) mass is 368 g/mol. The number of hydrogen-bond acceptors (Lipinski definition) is 5. The first kappa shape index (κ1) is 17.8. The molecule has 0 amide bonds. The summed E-state index contributed by atoms with van der Waals surface area (Å²) in [7, 11) is 0. The smallest absolute Gasteiger partial charge is 0.336 e. The van der Waals surface area contributed by atoms with E-state index in [0.29, 0.717) is 22.6 Å². The first-order chi connectivity index (χ1) is 12.8. The van der Waals surface area contributed by atoms with Crippen molar-refractivity contribution in [2.24, 2.45) is 0 Å². The lowest BCUT2D eigenvalue weighted by Gasteiger charge is -2.33. The number of carbonyl (C=O) groups is 1. The van der Waals surface area contributed by atoms with Crippen LogP contribution >= 0.6 is 0 Å². The molecule has 0 saturated heterocycles. The number of fused-ring (bicyclic) bond motifs is 6. The van der Waals surface area contributed by atoms with Crippen LogP contribution in [-0.4, -0.2) is 17.5 Å². The molecule has 0 aliphatic carbocycles. The Balaban J connectivity index is 2.13. The number of ether oxygens (including phenoxy) is 2. The normalized spacial score (nSPS) is 20.0. The zero-order valence-electron chi connectivity index (χ0n) is 16.2. The number of aryl methyl sites for hydroxylation is 1. The van der Waals surface area contributed by atoms with E-state index in [-0.39, 0.29) is 18.3 Å². The Morgan fingerprint density at radius 3 is 2.74 bits per heavy atom. The molecule has 2 aromatic rings. The number of benzene rings is 1. The van der Waals surface area contributed by atoms with Gasteiger partial charge in [-0.05, 0) is 51.3 Å². The molecule has 5 heteroatoms. The zero-order valence-corrected chi connectivity index (χ0v) is 16.2. The van der Waals surface area contributed by atoms with Gasteiger partial charge in [-0.3, -0.25) is 4.79 Å². The molecule has 0 fully saturated rings. The SMILES string of the molecule is CCCCc1cc(=O)oc2c3c(c4c(c12)OC(C)(C)C=C4)OC(C)CC3=O. The van der Waals surface area contributed by atoms with Gasteiger partial charge >= 0.3 is 5.63 Å². The van der Waals surface area contributed by atoms with E-state index < -0.39 is 11.2 Å². The van der Waals surface area contributed by atoms with Crippen LogP contribution in [0, 0.1) is 0 Å². The second kappa shape index (κ2) is 6.25. The Hall–Kier alpha value is -2.56. The minimum absolute atomic E-state index is 0.0643. The first-order valence-corrected chi connectivity index (χ1v) is 9.55. The van der Waals surface area contributed by atoms with E-state index in [1.165, 1.54) is 6.07 Å². The minimum Gasteiger partial charge on any atom is -0.489 e. The van der Waals surface area contributed by atoms with E-state index in [9.17, 15) is 9.59 Å². The van der Waals surface area contributed by atoms with Crippen molar-refractivity contribution in [2.45, 2.75) is 65.1 Å². The zero-order chi connectivity index (χ0) is 19.3. The fourth-order valence-corrected chi connectivity index (χ4v) is 3.83. The van der Waals surface area contributed by atoms with E-state index in [2.05, 4.69) is 6.92 Å². The predicted octanol–water partition coefficient (Wildman–Crippen LogP) is 4.67. The highest BCUT2D eigenvalue weighted by Crippen LogP contribution is 2.48. The van der Waals surface area contributed by atoms with Crippen LogP contribution in [0.3, 0.4) is 0 Å². The molecule has 27 heavy (non-hydrogen) atoms. The largest absolute Gasteiger partial charge is 0.489 e. The van der Waals surface area contributed by atoms with Gasteiger partial charge in [-0.1, -0.05) is 13.3 Å². The molecule has 3 heterocycles. The minimum atomic E-state index is -0.503. The van der Waals surface area contributed by atoms with Crippen molar-refractivity contribution >= 4 is 22.8 Å². The van der Waals surface area contributed by atoms with Crippen LogP contribution < -0.4 is 15.1 Å². The molecule has 1 atom stereocenters. The van der Waals surface area contributed by atoms with Crippen molar-refractivity contribution < 1.29 is 18.7 Å². The maximum atomic E-state index is 12.9. The first-order valence-electron chi connectivity index (χ1n) is 9.55. The van der Waals surface area contributed by atoms with Gasteiger partial charge in [0.2, 0.25) is 0 Å². The second-order valence-electron chi connectivity index (χ2n) is 7.94. The number of unbranched alkanes of at least 4 members (excludes halogenated alkanes) is 1. The highest BCUT2D eigenvalue weighted by atomic mass is 16.5. The Labute approximate surface area is 158 Å². The van der Waals surface area contributed by atoms with Crippen LogP contribution in [-0.2, 0) is 6.42 Å². The van der Waals surface area contributed by atoms with Gasteiger partial charge in [0, 0.05) is 12.5 Å². The van der Waals surface area contributed by atoms with Crippen molar-refractivity contribution in [2.75, 3.05) is 0 Å². The third-order valence-electron chi connectivity index (χ3n) is 5.10. The molecule has 5 nitrogen and oxygen atoms in total. The average molecular weight is 368 g/mol. The standard InChI is InChI=1S/C22H24O5/c1-5-6-7-13-11-16(24)26-21-17(13)20-14(8-9-22(3,4)27-20)19-18(21)15(23)10-12(2)25-19/h8-9,11-12H,5-7,10H2,1-4H3. The summed E-state index contributed by atoms with van der Waals surface area (Å²) in [5.74, 6) is 1.03. The maximum Gasteiger partial charge on any atom is 0.336 e. The Kier molecular flexibility index (Phi) is 4.13. The predicted molar refractivity (Wildman–Crippen MR) is 104 cm³/mol. The van der Waals surface area contributed by atoms with Crippen molar-refractivity contribution in [3.05, 3.63) is 39.3 Å². The van der Waals surface area contributed by atoms with Gasteiger partial charge in [-0.15, -0.1) is 0 Å². The molecule has 4 rings (SSSR count). The fraction of sp³-hybridized carbons (Fsp3) is 0.455. The Morgan fingerprint density at radius 2 is 2.00 bits per heavy atom. The number of hydrogen-bond donors (Lipinski definition) is 0. The summed E-state index contributed by atoms with van der Waals surface area (Å²) in [4.78, 5) is 25.1. The highest BCUT2D eigenvalue weighted by molar-refractivity contribution is 6.13. The van der Waals surface area contributed by atoms with Crippen LogP contribution in [0.25, 0.3) is 17.0 Å². The lowest BCUT2D eigenvalue weighted by atomic mass is 9.90. The number of Topliss-reactive ketones (excluding diaryl/α,β-unsaturated/α-hetero) is 1. The maximum absolute atomic E-state index is 12.9. The molecule has 1 aromatic carbocycles. The molecule has 0 saturated carbocycles. The lowest BCUT2D eigenvalue weighted by molar-refractivity contribution is 0.0869. The quantitative estimate of drug-likeness (QED) is 0.736. The third kappa shape index (κ3) is 2.95. The molecule has 0 bridgehead atoms. The van der Waals surface area contributed by atoms with E-state index in [1.807, 2.05) is 32.9 Å². The Morgan fingerprint density at radius 1 is 1.22 bits per heavy atom. The number of ketones is 1. The summed E-state index contributed by atoms with van der Waals surface area (Å²) < 4.78 is 17.9. The number of rotatable bonds is 3. The average Bonchev–Trinajstić information content (AvgIpc) is 2.57. The van der Waals surface area contributed by atoms with Crippen molar-refractivity contribution in [1.82, 2.24) is 0 Å². The van der Waals surface area contributed by atoms with Crippen LogP contribution in [0.15, 0.2) is 21.4 Å². The fourth-order valence-electron chi connectivity index (χ4n) is 3.83. The molecule has 1 unspecified atom stereocenters. The molecule has 0 N–H and O–H groups in total. The third-order valence-corrected chi connectivity index (χ3v) is 5.10. The van der Waals surface area contributed by atoms with Crippen LogP contribution in [0.2, 0.25) is 0 Å². The van der Waals surface area contributed by atoms with Gasteiger partial charge in [0.1, 0.15) is 28.8 Å².